The van der Waals surface area contributed by atoms with Crippen molar-refractivity contribution < 1.29 is 8.42 Å². The maximum absolute atomic E-state index is 11.9. The molecule has 0 saturated carbocycles. The molecule has 2 N–H and O–H groups in total. The largest absolute Gasteiger partial charge is 0.316 e. The van der Waals surface area contributed by atoms with Gasteiger partial charge in [0, 0.05) is 17.6 Å². The number of nitrogens with one attached hydrogen (secondary N) is 2. The highest BCUT2D eigenvalue weighted by Gasteiger charge is 2.16. The topological polar surface area (TPSA) is 58.2 Å². The van der Waals surface area contributed by atoms with E-state index < -0.39 is 10.0 Å². The molecule has 0 aliphatic heterocycles. The van der Waals surface area contributed by atoms with Gasteiger partial charge in [0.1, 0.15) is 0 Å². The van der Waals surface area contributed by atoms with Gasteiger partial charge in [-0.25, -0.2) is 13.1 Å². The van der Waals surface area contributed by atoms with Crippen LogP contribution >= 0.6 is 11.6 Å². The van der Waals surface area contributed by atoms with Gasteiger partial charge >= 0.3 is 0 Å². The standard InChI is InChI=1S/C11H17ClN2O2S/c1-8(2)14-17(15,16)10-5-4-9(7-13-3)11(12)6-10/h4-6,8,13-14H,7H2,1-3H3. The number of hydrogen-bond acceptors (Lipinski definition) is 3. The van der Waals surface area contributed by atoms with Crippen LogP contribution in [0, 0.1) is 0 Å². The van der Waals surface area contributed by atoms with Gasteiger partial charge in [0.25, 0.3) is 0 Å². The van der Waals surface area contributed by atoms with Crippen molar-refractivity contribution in [3.05, 3.63) is 28.8 Å². The van der Waals surface area contributed by atoms with Gasteiger partial charge < -0.3 is 5.32 Å². The summed E-state index contributed by atoms with van der Waals surface area (Å²) in [4.78, 5) is 0.191. The normalized spacial score (nSPS) is 12.1. The molecule has 0 radical (unpaired) electrons. The van der Waals surface area contributed by atoms with Crippen LogP contribution in [-0.4, -0.2) is 21.5 Å². The third-order valence-electron chi connectivity index (χ3n) is 2.09. The zero-order chi connectivity index (χ0) is 13.1. The Labute approximate surface area is 107 Å². The summed E-state index contributed by atoms with van der Waals surface area (Å²) in [5.41, 5.74) is 0.873. The maximum Gasteiger partial charge on any atom is 0.240 e. The second kappa shape index (κ2) is 5.82. The van der Waals surface area contributed by atoms with E-state index >= 15 is 0 Å². The minimum absolute atomic E-state index is 0.143. The molecule has 0 aliphatic rings. The summed E-state index contributed by atoms with van der Waals surface area (Å²) in [6.07, 6.45) is 0. The fourth-order valence-electron chi connectivity index (χ4n) is 1.41. The molecule has 96 valence electrons. The van der Waals surface area contributed by atoms with Crippen LogP contribution in [0.25, 0.3) is 0 Å². The molecule has 0 atom stereocenters. The highest BCUT2D eigenvalue weighted by atomic mass is 35.5. The van der Waals surface area contributed by atoms with Crippen molar-refractivity contribution in [2.75, 3.05) is 7.05 Å². The SMILES string of the molecule is CNCc1ccc(S(=O)(=O)NC(C)C)cc1Cl. The Bertz CT molecular complexity index is 486. The predicted octanol–water partition coefficient (Wildman–Crippen LogP) is 1.75. The Morgan fingerprint density at radius 1 is 1.35 bits per heavy atom. The minimum atomic E-state index is -3.47. The maximum atomic E-state index is 11.9. The zero-order valence-electron chi connectivity index (χ0n) is 10.1. The number of hydrogen-bond donors (Lipinski definition) is 2. The fourth-order valence-corrected chi connectivity index (χ4v) is 3.00. The van der Waals surface area contributed by atoms with E-state index in [0.717, 1.165) is 5.56 Å². The quantitative estimate of drug-likeness (QED) is 0.861. The fraction of sp³-hybridized carbons (Fsp3) is 0.455. The first kappa shape index (κ1) is 14.4. The van der Waals surface area contributed by atoms with Crippen molar-refractivity contribution in [1.29, 1.82) is 0 Å². The lowest BCUT2D eigenvalue weighted by atomic mass is 10.2. The van der Waals surface area contributed by atoms with E-state index in [0.29, 0.717) is 11.6 Å². The highest BCUT2D eigenvalue weighted by molar-refractivity contribution is 7.89. The molecule has 0 bridgehead atoms. The molecule has 1 aromatic carbocycles. The molecule has 0 fully saturated rings. The van der Waals surface area contributed by atoms with Crippen LogP contribution in [0.4, 0.5) is 0 Å². The molecule has 6 heteroatoms. The van der Waals surface area contributed by atoms with E-state index in [2.05, 4.69) is 10.0 Å². The van der Waals surface area contributed by atoms with E-state index in [1.165, 1.54) is 6.07 Å². The van der Waals surface area contributed by atoms with Crippen LogP contribution in [0.5, 0.6) is 0 Å². The predicted molar refractivity (Wildman–Crippen MR) is 69.7 cm³/mol. The number of benzene rings is 1. The highest BCUT2D eigenvalue weighted by Crippen LogP contribution is 2.20. The van der Waals surface area contributed by atoms with E-state index in [4.69, 9.17) is 11.6 Å². The van der Waals surface area contributed by atoms with Crippen LogP contribution in [0.3, 0.4) is 0 Å². The van der Waals surface area contributed by atoms with Crippen LogP contribution in [0.1, 0.15) is 19.4 Å². The van der Waals surface area contributed by atoms with Gasteiger partial charge in [0.15, 0.2) is 0 Å². The summed E-state index contributed by atoms with van der Waals surface area (Å²) in [7, 11) is -1.66. The third-order valence-corrected chi connectivity index (χ3v) is 4.10. The molecule has 0 saturated heterocycles. The molecule has 17 heavy (non-hydrogen) atoms. The van der Waals surface area contributed by atoms with E-state index in [1.807, 2.05) is 0 Å². The lowest BCUT2D eigenvalue weighted by Gasteiger charge is -2.11. The van der Waals surface area contributed by atoms with Crippen molar-refractivity contribution in [2.45, 2.75) is 31.3 Å². The molecule has 4 nitrogen and oxygen atoms in total. The number of rotatable bonds is 5. The Hall–Kier alpha value is -0.620. The van der Waals surface area contributed by atoms with Crippen molar-refractivity contribution in [2.24, 2.45) is 0 Å². The van der Waals surface area contributed by atoms with Crippen molar-refractivity contribution in [3.63, 3.8) is 0 Å². The van der Waals surface area contributed by atoms with Gasteiger partial charge in [0.2, 0.25) is 10.0 Å². The summed E-state index contributed by atoms with van der Waals surface area (Å²) < 4.78 is 26.3. The van der Waals surface area contributed by atoms with Crippen molar-refractivity contribution in [1.82, 2.24) is 10.0 Å². The van der Waals surface area contributed by atoms with Crippen LogP contribution < -0.4 is 10.0 Å². The average Bonchev–Trinajstić information content (AvgIpc) is 2.19. The average molecular weight is 277 g/mol. The molecule has 0 aliphatic carbocycles. The van der Waals surface area contributed by atoms with Gasteiger partial charge in [-0.1, -0.05) is 17.7 Å². The van der Waals surface area contributed by atoms with Gasteiger partial charge in [0.05, 0.1) is 4.90 Å². The Balaban J connectivity index is 3.05. The van der Waals surface area contributed by atoms with Gasteiger partial charge in [-0.2, -0.15) is 0 Å². The van der Waals surface area contributed by atoms with Crippen LogP contribution in [-0.2, 0) is 16.6 Å². The lowest BCUT2D eigenvalue weighted by molar-refractivity contribution is 0.570. The van der Waals surface area contributed by atoms with Crippen molar-refractivity contribution >= 4 is 21.6 Å². The van der Waals surface area contributed by atoms with Crippen molar-refractivity contribution in [3.8, 4) is 0 Å². The van der Waals surface area contributed by atoms with Gasteiger partial charge in [-0.3, -0.25) is 0 Å². The smallest absolute Gasteiger partial charge is 0.240 e. The molecule has 0 spiro atoms. The molecule has 1 aromatic rings. The number of halogens is 1. The van der Waals surface area contributed by atoms with Crippen LogP contribution in [0.2, 0.25) is 5.02 Å². The van der Waals surface area contributed by atoms with E-state index in [9.17, 15) is 8.42 Å². The summed E-state index contributed by atoms with van der Waals surface area (Å²) in [5.74, 6) is 0. The Kier molecular flexibility index (Phi) is 4.94. The summed E-state index contributed by atoms with van der Waals surface area (Å²) in [6.45, 7) is 4.15. The number of sulfonamides is 1. The van der Waals surface area contributed by atoms with Crippen LogP contribution in [0.15, 0.2) is 23.1 Å². The second-order valence-electron chi connectivity index (χ2n) is 4.06. The molecule has 0 unspecified atom stereocenters. The lowest BCUT2D eigenvalue weighted by Crippen LogP contribution is -2.30. The molecular weight excluding hydrogens is 260 g/mol. The monoisotopic (exact) mass is 276 g/mol. The van der Waals surface area contributed by atoms with Gasteiger partial charge in [-0.05, 0) is 38.6 Å². The summed E-state index contributed by atoms with van der Waals surface area (Å²) in [6, 6.07) is 4.60. The Morgan fingerprint density at radius 3 is 2.47 bits per heavy atom. The zero-order valence-corrected chi connectivity index (χ0v) is 11.7. The Morgan fingerprint density at radius 2 is 2.00 bits per heavy atom. The molecule has 0 heterocycles. The first-order chi connectivity index (χ1) is 7.86. The summed E-state index contributed by atoms with van der Waals surface area (Å²) >= 11 is 6.02. The first-order valence-electron chi connectivity index (χ1n) is 5.32. The minimum Gasteiger partial charge on any atom is -0.316 e. The first-order valence-corrected chi connectivity index (χ1v) is 7.18. The van der Waals surface area contributed by atoms with Gasteiger partial charge in [-0.15, -0.1) is 0 Å². The van der Waals surface area contributed by atoms with E-state index in [1.54, 1.807) is 33.0 Å². The third kappa shape index (κ3) is 3.96. The van der Waals surface area contributed by atoms with E-state index in [-0.39, 0.29) is 10.9 Å². The molecule has 0 aromatic heterocycles. The molecule has 0 amide bonds. The molecular formula is C11H17ClN2O2S. The molecule has 1 rings (SSSR count). The second-order valence-corrected chi connectivity index (χ2v) is 6.18. The summed E-state index contributed by atoms with van der Waals surface area (Å²) in [5, 5.41) is 3.42.